The fraction of sp³-hybridized carbons (Fsp3) is 0.400. The zero-order valence-electron chi connectivity index (χ0n) is 9.41. The predicted molar refractivity (Wildman–Crippen MR) is 55.4 cm³/mol. The van der Waals surface area contributed by atoms with Crippen LogP contribution >= 0.6 is 11.8 Å². The highest BCUT2D eigenvalue weighted by atomic mass is 32.2. The number of thioether (sulfide) groups is 1. The van der Waals surface area contributed by atoms with Crippen LogP contribution in [-0.2, 0) is 6.54 Å². The summed E-state index contributed by atoms with van der Waals surface area (Å²) in [6, 6.07) is 5.81. The number of ether oxygens (including phenoxy) is 1. The van der Waals surface area contributed by atoms with Gasteiger partial charge in [0.2, 0.25) is 0 Å². The van der Waals surface area contributed by atoms with Gasteiger partial charge in [-0.1, -0.05) is 0 Å². The first-order chi connectivity index (χ1) is 7.20. The van der Waals surface area contributed by atoms with Gasteiger partial charge in [-0.2, -0.15) is 0 Å². The van der Waals surface area contributed by atoms with Crippen molar-refractivity contribution in [1.29, 1.82) is 0 Å². The summed E-state index contributed by atoms with van der Waals surface area (Å²) in [6.45, 7) is 0.0942. The van der Waals surface area contributed by atoms with Gasteiger partial charge in [0.15, 0.2) is 0 Å². The van der Waals surface area contributed by atoms with Gasteiger partial charge in [0.1, 0.15) is 5.75 Å². The minimum absolute atomic E-state index is 0.473. The molecule has 0 radical (unpaired) electrons. The molecule has 1 N–H and O–H groups in total. The lowest BCUT2D eigenvalue weighted by Gasteiger charge is -2.06. The second-order valence-electron chi connectivity index (χ2n) is 2.78. The third-order valence-electron chi connectivity index (χ3n) is 1.94. The van der Waals surface area contributed by atoms with Crippen LogP contribution in [0.5, 0.6) is 5.75 Å². The molecule has 0 aliphatic carbocycles. The molecule has 1 aliphatic rings. The van der Waals surface area contributed by atoms with Gasteiger partial charge in [0.25, 0.3) is 0 Å². The van der Waals surface area contributed by atoms with Crippen LogP contribution in [0.4, 0.5) is 0 Å². The molecule has 0 aromatic heterocycles. The van der Waals surface area contributed by atoms with E-state index in [1.165, 1.54) is 11.8 Å². The Labute approximate surface area is 85.5 Å². The second-order valence-corrected chi connectivity index (χ2v) is 3.72. The van der Waals surface area contributed by atoms with E-state index in [9.17, 15) is 0 Å². The number of methoxy groups -OCH3 is 1. The van der Waals surface area contributed by atoms with Crippen molar-refractivity contribution >= 4 is 11.8 Å². The van der Waals surface area contributed by atoms with E-state index in [2.05, 4.69) is 5.32 Å². The van der Waals surface area contributed by atoms with E-state index in [-0.39, 0.29) is 0 Å². The SMILES string of the molecule is [2H]C1NCc2cc(OC)ccc2SC1[2H]. The minimum atomic E-state index is -0.534. The Morgan fingerprint density at radius 2 is 2.54 bits per heavy atom. The van der Waals surface area contributed by atoms with Crippen molar-refractivity contribution in [3.63, 3.8) is 0 Å². The molecule has 0 bridgehead atoms. The monoisotopic (exact) mass is 197 g/mol. The van der Waals surface area contributed by atoms with Crippen LogP contribution < -0.4 is 10.1 Å². The number of fused-ring (bicyclic) bond motifs is 1. The minimum Gasteiger partial charge on any atom is -0.497 e. The Kier molecular flexibility index (Phi) is 2.09. The largest absolute Gasteiger partial charge is 0.497 e. The maximum atomic E-state index is 7.73. The molecule has 3 heteroatoms. The van der Waals surface area contributed by atoms with Crippen molar-refractivity contribution < 1.29 is 7.48 Å². The Morgan fingerprint density at radius 3 is 3.38 bits per heavy atom. The molecule has 70 valence electrons. The van der Waals surface area contributed by atoms with Crippen LogP contribution in [0.25, 0.3) is 0 Å². The lowest BCUT2D eigenvalue weighted by atomic mass is 10.2. The van der Waals surface area contributed by atoms with E-state index in [0.717, 1.165) is 16.2 Å². The molecule has 2 atom stereocenters. The van der Waals surface area contributed by atoms with Crippen molar-refractivity contribution in [2.24, 2.45) is 0 Å². The molecular formula is C10H13NOS. The fourth-order valence-electron chi connectivity index (χ4n) is 1.26. The lowest BCUT2D eigenvalue weighted by molar-refractivity contribution is 0.413. The van der Waals surface area contributed by atoms with Gasteiger partial charge in [-0.3, -0.25) is 0 Å². The molecule has 0 amide bonds. The summed E-state index contributed by atoms with van der Waals surface area (Å²) in [6.07, 6.45) is 0. The van der Waals surface area contributed by atoms with Crippen LogP contribution in [0, 0.1) is 0 Å². The standard InChI is InChI=1S/C10H13NOS/c1-12-9-2-3-10-8(6-9)7-11-4-5-13-10/h2-3,6,11H,4-5,7H2,1H3/i4D,5D. The first-order valence-corrected chi connectivity index (χ1v) is 5.00. The summed E-state index contributed by atoms with van der Waals surface area (Å²) in [5.41, 5.74) is 0.631. The molecule has 1 aliphatic heterocycles. The van der Waals surface area contributed by atoms with Gasteiger partial charge in [0, 0.05) is 26.4 Å². The molecule has 0 fully saturated rings. The van der Waals surface area contributed by atoms with Gasteiger partial charge in [-0.25, -0.2) is 0 Å². The zero-order valence-corrected chi connectivity index (χ0v) is 8.23. The molecule has 2 nitrogen and oxygen atoms in total. The third-order valence-corrected chi connectivity index (χ3v) is 2.87. The van der Waals surface area contributed by atoms with Crippen molar-refractivity contribution in [2.45, 2.75) is 11.4 Å². The van der Waals surface area contributed by atoms with Gasteiger partial charge >= 0.3 is 0 Å². The third kappa shape index (κ3) is 1.98. The average Bonchev–Trinajstić information content (AvgIpc) is 2.39. The summed E-state index contributed by atoms with van der Waals surface area (Å²) in [5, 5.41) is 3.00. The van der Waals surface area contributed by atoms with E-state index in [0.29, 0.717) is 6.54 Å². The van der Waals surface area contributed by atoms with Crippen LogP contribution in [-0.4, -0.2) is 19.4 Å². The number of benzene rings is 1. The lowest BCUT2D eigenvalue weighted by Crippen LogP contribution is -2.13. The molecule has 1 aromatic carbocycles. The van der Waals surface area contributed by atoms with Gasteiger partial charge in [0.05, 0.1) is 7.11 Å². The van der Waals surface area contributed by atoms with Crippen LogP contribution in [0.1, 0.15) is 8.30 Å². The molecule has 0 saturated heterocycles. The molecule has 2 rings (SSSR count). The van der Waals surface area contributed by atoms with Crippen LogP contribution in [0.3, 0.4) is 0 Å². The Morgan fingerprint density at radius 1 is 1.62 bits per heavy atom. The van der Waals surface area contributed by atoms with Crippen molar-refractivity contribution in [1.82, 2.24) is 5.32 Å². The van der Waals surface area contributed by atoms with E-state index in [1.54, 1.807) is 7.11 Å². The van der Waals surface area contributed by atoms with E-state index < -0.39 is 12.2 Å². The number of hydrogen-bond donors (Lipinski definition) is 1. The Balaban J connectivity index is 2.30. The highest BCUT2D eigenvalue weighted by molar-refractivity contribution is 7.99. The second kappa shape index (κ2) is 4.03. The highest BCUT2D eigenvalue weighted by Gasteiger charge is 2.07. The Bertz CT molecular complexity index is 361. The quantitative estimate of drug-likeness (QED) is 0.743. The summed E-state index contributed by atoms with van der Waals surface area (Å²) in [5.74, 6) is 0.820. The Hall–Kier alpha value is -0.670. The molecular weight excluding hydrogens is 182 g/mol. The number of hydrogen-bond acceptors (Lipinski definition) is 3. The maximum absolute atomic E-state index is 7.73. The molecule has 13 heavy (non-hydrogen) atoms. The summed E-state index contributed by atoms with van der Waals surface area (Å²) in [4.78, 5) is 1.07. The summed E-state index contributed by atoms with van der Waals surface area (Å²) in [7, 11) is 1.64. The summed E-state index contributed by atoms with van der Waals surface area (Å²) < 4.78 is 20.5. The van der Waals surface area contributed by atoms with E-state index in [1.807, 2.05) is 18.2 Å². The topological polar surface area (TPSA) is 21.3 Å². The fourth-order valence-corrected chi connectivity index (χ4v) is 2.00. The molecule has 1 heterocycles. The first-order valence-electron chi connectivity index (χ1n) is 5.27. The maximum Gasteiger partial charge on any atom is 0.119 e. The highest BCUT2D eigenvalue weighted by Crippen LogP contribution is 2.27. The average molecular weight is 197 g/mol. The van der Waals surface area contributed by atoms with Crippen molar-refractivity contribution in [3.8, 4) is 5.75 Å². The zero-order chi connectivity index (χ0) is 10.8. The van der Waals surface area contributed by atoms with E-state index in [4.69, 9.17) is 7.48 Å². The normalized spacial score (nSPS) is 29.6. The predicted octanol–water partition coefficient (Wildman–Crippen LogP) is 1.89. The van der Waals surface area contributed by atoms with Gasteiger partial charge < -0.3 is 10.1 Å². The van der Waals surface area contributed by atoms with Gasteiger partial charge in [-0.15, -0.1) is 11.8 Å². The molecule has 1 aromatic rings. The molecule has 0 saturated carbocycles. The van der Waals surface area contributed by atoms with Crippen molar-refractivity contribution in [2.75, 3.05) is 19.4 Å². The number of nitrogens with one attached hydrogen (secondary N) is 1. The summed E-state index contributed by atoms with van der Waals surface area (Å²) >= 11 is 1.42. The van der Waals surface area contributed by atoms with E-state index >= 15 is 0 Å². The van der Waals surface area contributed by atoms with Crippen LogP contribution in [0.15, 0.2) is 23.1 Å². The number of rotatable bonds is 1. The molecule has 2 unspecified atom stereocenters. The van der Waals surface area contributed by atoms with Crippen LogP contribution in [0.2, 0.25) is 0 Å². The van der Waals surface area contributed by atoms with Gasteiger partial charge in [-0.05, 0) is 23.8 Å². The first kappa shape index (κ1) is 6.74. The smallest absolute Gasteiger partial charge is 0.119 e. The van der Waals surface area contributed by atoms with Crippen molar-refractivity contribution in [3.05, 3.63) is 23.8 Å². The molecule has 0 spiro atoms.